The summed E-state index contributed by atoms with van der Waals surface area (Å²) in [7, 11) is 0. The van der Waals surface area contributed by atoms with Crippen LogP contribution in [-0.2, 0) is 15.1 Å². The van der Waals surface area contributed by atoms with Crippen LogP contribution >= 0.6 is 0 Å². The number of nitrogens with two attached hydrogens (primary N) is 1. The second-order valence-corrected chi connectivity index (χ2v) is 5.86. The first-order chi connectivity index (χ1) is 9.91. The van der Waals surface area contributed by atoms with E-state index >= 15 is 0 Å². The summed E-state index contributed by atoms with van der Waals surface area (Å²) in [6, 6.07) is 9.42. The smallest absolute Gasteiger partial charge is 0.247 e. The quantitative estimate of drug-likeness (QED) is 0.871. The Morgan fingerprint density at radius 3 is 2.62 bits per heavy atom. The molecule has 1 heterocycles. The van der Waals surface area contributed by atoms with E-state index in [-0.39, 0.29) is 17.9 Å². The van der Waals surface area contributed by atoms with Crippen molar-refractivity contribution in [3.63, 3.8) is 0 Å². The molecule has 2 atom stereocenters. The largest absolute Gasteiger partial charge is 0.352 e. The summed E-state index contributed by atoms with van der Waals surface area (Å²) in [5.41, 5.74) is 6.04. The topological polar surface area (TPSA) is 75.4 Å². The summed E-state index contributed by atoms with van der Waals surface area (Å²) >= 11 is 0. The molecule has 0 bridgehead atoms. The van der Waals surface area contributed by atoms with Gasteiger partial charge in [0.15, 0.2) is 0 Å². The molecule has 0 aromatic heterocycles. The third kappa shape index (κ3) is 3.61. The predicted molar refractivity (Wildman–Crippen MR) is 81.4 cm³/mol. The van der Waals surface area contributed by atoms with Crippen molar-refractivity contribution in [2.45, 2.75) is 38.3 Å². The maximum absolute atomic E-state index is 12.7. The minimum atomic E-state index is -1.04. The number of carbonyl (C=O) groups is 2. The van der Waals surface area contributed by atoms with Gasteiger partial charge in [-0.25, -0.2) is 0 Å². The van der Waals surface area contributed by atoms with Gasteiger partial charge in [0.25, 0.3) is 0 Å². The van der Waals surface area contributed by atoms with Gasteiger partial charge in [-0.1, -0.05) is 30.3 Å². The van der Waals surface area contributed by atoms with E-state index in [1.165, 1.54) is 6.92 Å². The van der Waals surface area contributed by atoms with E-state index in [1.807, 2.05) is 30.3 Å². The molecule has 3 N–H and O–H groups in total. The second-order valence-electron chi connectivity index (χ2n) is 5.86. The van der Waals surface area contributed by atoms with Crippen molar-refractivity contribution in [2.75, 3.05) is 13.1 Å². The average molecular weight is 289 g/mol. The molecule has 2 unspecified atom stereocenters. The Balaban J connectivity index is 2.10. The highest BCUT2D eigenvalue weighted by Crippen LogP contribution is 2.22. The molecule has 5 nitrogen and oxygen atoms in total. The zero-order chi connectivity index (χ0) is 15.5. The Kier molecular flexibility index (Phi) is 4.63. The first-order valence-electron chi connectivity index (χ1n) is 7.32. The Bertz CT molecular complexity index is 514. The third-order valence-electron chi connectivity index (χ3n) is 3.93. The molecule has 0 saturated carbocycles. The van der Waals surface area contributed by atoms with Crippen molar-refractivity contribution in [3.8, 4) is 0 Å². The Hall–Kier alpha value is -1.88. The van der Waals surface area contributed by atoms with Crippen molar-refractivity contribution < 1.29 is 9.59 Å². The van der Waals surface area contributed by atoms with Crippen LogP contribution in [0.15, 0.2) is 30.3 Å². The molecule has 1 aromatic carbocycles. The van der Waals surface area contributed by atoms with Crippen LogP contribution in [0.2, 0.25) is 0 Å². The molecule has 2 amide bonds. The molecule has 5 heteroatoms. The van der Waals surface area contributed by atoms with Gasteiger partial charge < -0.3 is 16.0 Å². The van der Waals surface area contributed by atoms with Gasteiger partial charge in [0.05, 0.1) is 0 Å². The highest BCUT2D eigenvalue weighted by molar-refractivity contribution is 5.87. The standard InChI is InChI=1S/C16H23N3O2/c1-12(20)18-14-9-6-10-19(11-14)15(21)16(2,17)13-7-4-3-5-8-13/h3-5,7-8,14H,6,9-11,17H2,1-2H3,(H,18,20). The lowest BCUT2D eigenvalue weighted by molar-refractivity contribution is -0.138. The Morgan fingerprint density at radius 2 is 2.00 bits per heavy atom. The number of amides is 2. The van der Waals surface area contributed by atoms with Gasteiger partial charge in [0, 0.05) is 26.1 Å². The number of piperidine rings is 1. The van der Waals surface area contributed by atoms with E-state index in [4.69, 9.17) is 5.73 Å². The van der Waals surface area contributed by atoms with Crippen molar-refractivity contribution in [2.24, 2.45) is 5.73 Å². The zero-order valence-electron chi connectivity index (χ0n) is 12.6. The number of benzene rings is 1. The van der Waals surface area contributed by atoms with Crippen molar-refractivity contribution >= 4 is 11.8 Å². The molecule has 0 radical (unpaired) electrons. The van der Waals surface area contributed by atoms with Gasteiger partial charge >= 0.3 is 0 Å². The highest BCUT2D eigenvalue weighted by Gasteiger charge is 2.36. The van der Waals surface area contributed by atoms with E-state index < -0.39 is 5.54 Å². The minimum Gasteiger partial charge on any atom is -0.352 e. The summed E-state index contributed by atoms with van der Waals surface area (Å²) in [5, 5.41) is 2.88. The molecular formula is C16H23N3O2. The molecule has 1 saturated heterocycles. The van der Waals surface area contributed by atoms with Gasteiger partial charge in [-0.2, -0.15) is 0 Å². The van der Waals surface area contributed by atoms with Crippen LogP contribution in [0, 0.1) is 0 Å². The van der Waals surface area contributed by atoms with Crippen molar-refractivity contribution in [1.29, 1.82) is 0 Å². The normalized spacial score (nSPS) is 21.5. The molecule has 1 aliphatic rings. The van der Waals surface area contributed by atoms with Crippen LogP contribution in [0.3, 0.4) is 0 Å². The van der Waals surface area contributed by atoms with E-state index in [9.17, 15) is 9.59 Å². The SMILES string of the molecule is CC(=O)NC1CCCN(C(=O)C(C)(N)c2ccccc2)C1. The fraction of sp³-hybridized carbons (Fsp3) is 0.500. The van der Waals surface area contributed by atoms with Gasteiger partial charge in [-0.05, 0) is 25.3 Å². The molecule has 0 aliphatic carbocycles. The summed E-state index contributed by atoms with van der Waals surface area (Å²) in [6.07, 6.45) is 1.78. The van der Waals surface area contributed by atoms with Gasteiger partial charge in [-0.3, -0.25) is 9.59 Å². The fourth-order valence-electron chi connectivity index (χ4n) is 2.80. The summed E-state index contributed by atoms with van der Waals surface area (Å²) < 4.78 is 0. The summed E-state index contributed by atoms with van der Waals surface area (Å²) in [5.74, 6) is -0.156. The van der Waals surface area contributed by atoms with Crippen LogP contribution in [0.4, 0.5) is 0 Å². The second kappa shape index (κ2) is 6.26. The monoisotopic (exact) mass is 289 g/mol. The zero-order valence-corrected chi connectivity index (χ0v) is 12.6. The maximum Gasteiger partial charge on any atom is 0.247 e. The number of nitrogens with one attached hydrogen (secondary N) is 1. The first-order valence-corrected chi connectivity index (χ1v) is 7.32. The molecule has 1 fully saturated rings. The lowest BCUT2D eigenvalue weighted by Crippen LogP contribution is -2.56. The maximum atomic E-state index is 12.7. The molecule has 21 heavy (non-hydrogen) atoms. The van der Waals surface area contributed by atoms with E-state index in [1.54, 1.807) is 11.8 Å². The minimum absolute atomic E-state index is 0.0202. The van der Waals surface area contributed by atoms with E-state index in [2.05, 4.69) is 5.32 Å². The first kappa shape index (κ1) is 15.5. The van der Waals surface area contributed by atoms with E-state index in [0.29, 0.717) is 13.1 Å². The number of likely N-dealkylation sites (tertiary alicyclic amines) is 1. The molecular weight excluding hydrogens is 266 g/mol. The van der Waals surface area contributed by atoms with Crippen LogP contribution in [0.1, 0.15) is 32.3 Å². The van der Waals surface area contributed by atoms with Gasteiger partial charge in [0.1, 0.15) is 5.54 Å². The van der Waals surface area contributed by atoms with Crippen molar-refractivity contribution in [1.82, 2.24) is 10.2 Å². The third-order valence-corrected chi connectivity index (χ3v) is 3.93. The molecule has 2 rings (SSSR count). The number of rotatable bonds is 3. The highest BCUT2D eigenvalue weighted by atomic mass is 16.2. The molecule has 1 aromatic rings. The summed E-state index contributed by atoms with van der Waals surface area (Å²) in [4.78, 5) is 25.7. The predicted octanol–water partition coefficient (Wildman–Crippen LogP) is 0.988. The average Bonchev–Trinajstić information content (AvgIpc) is 2.47. The molecule has 0 spiro atoms. The molecule has 114 valence electrons. The van der Waals surface area contributed by atoms with Gasteiger partial charge in [0.2, 0.25) is 11.8 Å². The van der Waals surface area contributed by atoms with Crippen molar-refractivity contribution in [3.05, 3.63) is 35.9 Å². The number of hydrogen-bond donors (Lipinski definition) is 2. The van der Waals surface area contributed by atoms with Crippen LogP contribution in [-0.4, -0.2) is 35.8 Å². The fourth-order valence-corrected chi connectivity index (χ4v) is 2.80. The Morgan fingerprint density at radius 1 is 1.33 bits per heavy atom. The van der Waals surface area contributed by atoms with Crippen LogP contribution in [0.5, 0.6) is 0 Å². The molecule has 1 aliphatic heterocycles. The van der Waals surface area contributed by atoms with Gasteiger partial charge in [-0.15, -0.1) is 0 Å². The lowest BCUT2D eigenvalue weighted by atomic mass is 9.90. The number of carbonyl (C=O) groups excluding carboxylic acids is 2. The number of hydrogen-bond acceptors (Lipinski definition) is 3. The van der Waals surface area contributed by atoms with Crippen LogP contribution < -0.4 is 11.1 Å². The van der Waals surface area contributed by atoms with E-state index in [0.717, 1.165) is 18.4 Å². The Labute approximate surface area is 125 Å². The lowest BCUT2D eigenvalue weighted by Gasteiger charge is -2.37. The summed E-state index contributed by atoms with van der Waals surface area (Å²) in [6.45, 7) is 4.46. The van der Waals surface area contributed by atoms with Crippen LogP contribution in [0.25, 0.3) is 0 Å². The number of nitrogens with zero attached hydrogens (tertiary/aromatic N) is 1.